The van der Waals surface area contributed by atoms with Crippen molar-refractivity contribution in [2.45, 2.75) is 54.9 Å². The SMILES string of the molecule is COc1ccc2c(c1)[C@H]1C[C@@](C)(NC(=O)[C@H]1S(=O)(=O)c1ccc(C(C)C)cc1)O2. The van der Waals surface area contributed by atoms with Crippen LogP contribution in [0.4, 0.5) is 0 Å². The number of hydrogen-bond acceptors (Lipinski definition) is 5. The van der Waals surface area contributed by atoms with E-state index in [1.165, 1.54) is 0 Å². The second-order valence-electron chi connectivity index (χ2n) is 8.23. The third-order valence-corrected chi connectivity index (χ3v) is 7.92. The van der Waals surface area contributed by atoms with Crippen molar-refractivity contribution in [2.24, 2.45) is 0 Å². The summed E-state index contributed by atoms with van der Waals surface area (Å²) in [5.74, 6) is 0.395. The molecule has 0 unspecified atom stereocenters. The maximum absolute atomic E-state index is 13.5. The Morgan fingerprint density at radius 2 is 1.86 bits per heavy atom. The fourth-order valence-corrected chi connectivity index (χ4v) is 6.08. The van der Waals surface area contributed by atoms with Gasteiger partial charge in [0.1, 0.15) is 11.5 Å². The maximum Gasteiger partial charge on any atom is 0.242 e. The third kappa shape index (κ3) is 3.27. The van der Waals surface area contributed by atoms with E-state index in [0.29, 0.717) is 29.4 Å². The Hall–Kier alpha value is -2.54. The van der Waals surface area contributed by atoms with E-state index < -0.39 is 32.6 Å². The quantitative estimate of drug-likeness (QED) is 0.828. The Balaban J connectivity index is 1.81. The molecule has 0 saturated carbocycles. The smallest absolute Gasteiger partial charge is 0.242 e. The average Bonchev–Trinajstić information content (AvgIpc) is 2.66. The van der Waals surface area contributed by atoms with Gasteiger partial charge >= 0.3 is 0 Å². The number of carbonyl (C=O) groups is 1. The molecule has 154 valence electrons. The summed E-state index contributed by atoms with van der Waals surface area (Å²) in [6.07, 6.45) is 0.368. The first-order valence-electron chi connectivity index (χ1n) is 9.67. The van der Waals surface area contributed by atoms with E-state index in [-0.39, 0.29) is 4.90 Å². The summed E-state index contributed by atoms with van der Waals surface area (Å²) in [6, 6.07) is 12.1. The molecule has 1 fully saturated rings. The molecule has 0 aliphatic carbocycles. The summed E-state index contributed by atoms with van der Waals surface area (Å²) >= 11 is 0. The van der Waals surface area contributed by atoms with E-state index in [9.17, 15) is 13.2 Å². The molecule has 2 aromatic rings. The van der Waals surface area contributed by atoms with Gasteiger partial charge in [0.15, 0.2) is 20.8 Å². The van der Waals surface area contributed by atoms with Gasteiger partial charge in [0, 0.05) is 17.9 Å². The number of amides is 1. The van der Waals surface area contributed by atoms with E-state index in [1.54, 1.807) is 44.4 Å². The van der Waals surface area contributed by atoms with Crippen LogP contribution in [-0.4, -0.2) is 32.4 Å². The molecule has 3 atom stereocenters. The van der Waals surface area contributed by atoms with Crippen molar-refractivity contribution in [3.8, 4) is 11.5 Å². The van der Waals surface area contributed by atoms with Gasteiger partial charge in [0.25, 0.3) is 0 Å². The maximum atomic E-state index is 13.5. The molecule has 7 heteroatoms. The zero-order valence-corrected chi connectivity index (χ0v) is 17.7. The number of piperidine rings is 1. The average molecular weight is 416 g/mol. The van der Waals surface area contributed by atoms with E-state index in [2.05, 4.69) is 5.32 Å². The molecule has 0 radical (unpaired) electrons. The highest BCUT2D eigenvalue weighted by molar-refractivity contribution is 7.92. The van der Waals surface area contributed by atoms with Gasteiger partial charge < -0.3 is 14.8 Å². The van der Waals surface area contributed by atoms with Gasteiger partial charge in [-0.1, -0.05) is 26.0 Å². The van der Waals surface area contributed by atoms with Crippen molar-refractivity contribution in [2.75, 3.05) is 7.11 Å². The summed E-state index contributed by atoms with van der Waals surface area (Å²) in [6.45, 7) is 5.86. The number of benzene rings is 2. The van der Waals surface area contributed by atoms with Gasteiger partial charge in [-0.25, -0.2) is 8.42 Å². The van der Waals surface area contributed by atoms with E-state index in [4.69, 9.17) is 9.47 Å². The second-order valence-corrected chi connectivity index (χ2v) is 10.3. The number of carbonyl (C=O) groups excluding carboxylic acids is 1. The highest BCUT2D eigenvalue weighted by Gasteiger charge is 2.54. The van der Waals surface area contributed by atoms with Crippen LogP contribution in [0.1, 0.15) is 50.2 Å². The summed E-state index contributed by atoms with van der Waals surface area (Å²) in [5.41, 5.74) is 0.798. The highest BCUT2D eigenvalue weighted by Crippen LogP contribution is 2.48. The van der Waals surface area contributed by atoms with Crippen molar-refractivity contribution in [1.29, 1.82) is 0 Å². The lowest BCUT2D eigenvalue weighted by molar-refractivity contribution is -0.132. The van der Waals surface area contributed by atoms with E-state index in [0.717, 1.165) is 5.56 Å². The van der Waals surface area contributed by atoms with Crippen LogP contribution >= 0.6 is 0 Å². The summed E-state index contributed by atoms with van der Waals surface area (Å²) in [5, 5.41) is 1.55. The van der Waals surface area contributed by atoms with Crippen LogP contribution in [0, 0.1) is 0 Å². The fraction of sp³-hybridized carbons (Fsp3) is 0.409. The zero-order chi connectivity index (χ0) is 21.0. The Morgan fingerprint density at radius 3 is 2.48 bits per heavy atom. The number of sulfone groups is 1. The van der Waals surface area contributed by atoms with Crippen LogP contribution in [-0.2, 0) is 14.6 Å². The summed E-state index contributed by atoms with van der Waals surface area (Å²) < 4.78 is 38.3. The van der Waals surface area contributed by atoms with Gasteiger partial charge in [-0.15, -0.1) is 0 Å². The molecule has 2 bridgehead atoms. The predicted octanol–water partition coefficient (Wildman–Crippen LogP) is 3.37. The van der Waals surface area contributed by atoms with E-state index >= 15 is 0 Å². The Kier molecular flexibility index (Phi) is 4.61. The minimum absolute atomic E-state index is 0.154. The second kappa shape index (κ2) is 6.76. The molecule has 4 rings (SSSR count). The van der Waals surface area contributed by atoms with Gasteiger partial charge in [-0.2, -0.15) is 0 Å². The lowest BCUT2D eigenvalue weighted by Crippen LogP contribution is -2.63. The predicted molar refractivity (Wildman–Crippen MR) is 109 cm³/mol. The molecule has 1 amide bonds. The Labute approximate surface area is 171 Å². The molecular formula is C22H25NO5S. The van der Waals surface area contributed by atoms with Crippen molar-refractivity contribution in [1.82, 2.24) is 5.32 Å². The number of methoxy groups -OCH3 is 1. The van der Waals surface area contributed by atoms with Crippen LogP contribution in [0.25, 0.3) is 0 Å². The monoisotopic (exact) mass is 415 g/mol. The first kappa shape index (κ1) is 19.8. The van der Waals surface area contributed by atoms with Crippen molar-refractivity contribution < 1.29 is 22.7 Å². The van der Waals surface area contributed by atoms with Gasteiger partial charge in [0.2, 0.25) is 5.91 Å². The van der Waals surface area contributed by atoms with Gasteiger partial charge in [-0.05, 0) is 48.7 Å². The van der Waals surface area contributed by atoms with Crippen LogP contribution in [0.15, 0.2) is 47.4 Å². The molecule has 1 N–H and O–H groups in total. The summed E-state index contributed by atoms with van der Waals surface area (Å²) in [7, 11) is -2.35. The molecule has 0 spiro atoms. The summed E-state index contributed by atoms with van der Waals surface area (Å²) in [4.78, 5) is 13.1. The molecular weight excluding hydrogens is 390 g/mol. The minimum atomic E-state index is -3.90. The lowest BCUT2D eigenvalue weighted by Gasteiger charge is -2.46. The fourth-order valence-electron chi connectivity index (χ4n) is 4.26. The van der Waals surface area contributed by atoms with Gasteiger partial charge in [-0.3, -0.25) is 4.79 Å². The van der Waals surface area contributed by atoms with Crippen molar-refractivity contribution in [3.63, 3.8) is 0 Å². The normalized spacial score (nSPS) is 25.8. The van der Waals surface area contributed by atoms with Crippen LogP contribution in [0.2, 0.25) is 0 Å². The number of ether oxygens (including phenoxy) is 2. The third-order valence-electron chi connectivity index (χ3n) is 5.78. The number of hydrogen-bond donors (Lipinski definition) is 1. The molecule has 2 heterocycles. The highest BCUT2D eigenvalue weighted by atomic mass is 32.2. The standard InChI is InChI=1S/C22H25NO5S/c1-13(2)14-5-8-16(9-6-14)29(25,26)20-18-12-22(3,23-21(20)24)28-19-10-7-15(27-4)11-17(18)19/h5-11,13,18,20H,12H2,1-4H3,(H,23,24)/t18-,20+,22+/m1/s1. The zero-order valence-electron chi connectivity index (χ0n) is 16.9. The topological polar surface area (TPSA) is 81.7 Å². The van der Waals surface area contributed by atoms with E-state index in [1.807, 2.05) is 26.0 Å². The van der Waals surface area contributed by atoms with Gasteiger partial charge in [0.05, 0.1) is 12.0 Å². The van der Waals surface area contributed by atoms with Crippen LogP contribution in [0.5, 0.6) is 11.5 Å². The number of rotatable bonds is 4. The minimum Gasteiger partial charge on any atom is -0.497 e. The molecule has 6 nitrogen and oxygen atoms in total. The largest absolute Gasteiger partial charge is 0.497 e. The molecule has 2 aliphatic rings. The van der Waals surface area contributed by atoms with Crippen LogP contribution in [0.3, 0.4) is 0 Å². The molecule has 2 aliphatic heterocycles. The van der Waals surface area contributed by atoms with Crippen molar-refractivity contribution in [3.05, 3.63) is 53.6 Å². The molecule has 29 heavy (non-hydrogen) atoms. The number of fused-ring (bicyclic) bond motifs is 4. The Bertz CT molecular complexity index is 1060. The van der Waals surface area contributed by atoms with Crippen LogP contribution < -0.4 is 14.8 Å². The first-order chi connectivity index (χ1) is 13.6. The molecule has 2 aromatic carbocycles. The lowest BCUT2D eigenvalue weighted by atomic mass is 9.81. The Morgan fingerprint density at radius 1 is 1.17 bits per heavy atom. The molecule has 1 saturated heterocycles. The van der Waals surface area contributed by atoms with Crippen molar-refractivity contribution >= 4 is 15.7 Å². The first-order valence-corrected chi connectivity index (χ1v) is 11.2. The number of nitrogens with one attached hydrogen (secondary N) is 1. The molecule has 0 aromatic heterocycles.